The summed E-state index contributed by atoms with van der Waals surface area (Å²) in [6, 6.07) is 7.28. The lowest BCUT2D eigenvalue weighted by molar-refractivity contribution is 1.05. The summed E-state index contributed by atoms with van der Waals surface area (Å²) in [5.74, 6) is 0. The number of hydrogen-bond acceptors (Lipinski definition) is 4. The highest BCUT2D eigenvalue weighted by atomic mass is 35.5. The van der Waals surface area contributed by atoms with Gasteiger partial charge >= 0.3 is 0 Å². The second-order valence-electron chi connectivity index (χ2n) is 3.41. The van der Waals surface area contributed by atoms with Gasteiger partial charge in [-0.25, -0.2) is 9.97 Å². The molecule has 2 aromatic rings. The minimum absolute atomic E-state index is 0.459. The lowest BCUT2D eigenvalue weighted by Gasteiger charge is -2.06. The fourth-order valence-electron chi connectivity index (χ4n) is 1.35. The van der Waals surface area contributed by atoms with Crippen molar-refractivity contribution in [3.63, 3.8) is 0 Å². The quantitative estimate of drug-likeness (QED) is 0.902. The molecule has 0 unspecified atom stereocenters. The van der Waals surface area contributed by atoms with Gasteiger partial charge in [0, 0.05) is 30.2 Å². The van der Waals surface area contributed by atoms with Crippen LogP contribution in [0.2, 0.25) is 5.02 Å². The van der Waals surface area contributed by atoms with E-state index in [1.807, 2.05) is 12.1 Å². The molecule has 17 heavy (non-hydrogen) atoms. The molecule has 1 heterocycles. The van der Waals surface area contributed by atoms with Crippen LogP contribution < -0.4 is 5.32 Å². The summed E-state index contributed by atoms with van der Waals surface area (Å²) in [7, 11) is 0. The first-order chi connectivity index (χ1) is 8.29. The van der Waals surface area contributed by atoms with Crippen molar-refractivity contribution in [3.05, 3.63) is 53.1 Å². The van der Waals surface area contributed by atoms with Crippen molar-refractivity contribution in [2.75, 3.05) is 5.32 Å². The van der Waals surface area contributed by atoms with Crippen LogP contribution in [-0.4, -0.2) is 9.97 Å². The summed E-state index contributed by atoms with van der Waals surface area (Å²) in [4.78, 5) is 7.84. The van der Waals surface area contributed by atoms with Crippen molar-refractivity contribution in [2.24, 2.45) is 0 Å². The molecule has 4 nitrogen and oxygen atoms in total. The summed E-state index contributed by atoms with van der Waals surface area (Å²) in [5.41, 5.74) is 2.27. The van der Waals surface area contributed by atoms with Crippen LogP contribution >= 0.6 is 11.6 Å². The van der Waals surface area contributed by atoms with E-state index in [-0.39, 0.29) is 0 Å². The smallest absolute Gasteiger partial charge is 0.115 e. The third-order valence-electron chi connectivity index (χ3n) is 2.20. The fraction of sp³-hybridized carbons (Fsp3) is 0.0833. The molecule has 0 bridgehead atoms. The fourth-order valence-corrected chi connectivity index (χ4v) is 1.51. The minimum atomic E-state index is 0.459. The summed E-state index contributed by atoms with van der Waals surface area (Å²) in [5, 5.41) is 12.5. The van der Waals surface area contributed by atoms with E-state index in [0.29, 0.717) is 17.1 Å². The minimum Gasteiger partial charge on any atom is -0.381 e. The van der Waals surface area contributed by atoms with E-state index < -0.39 is 0 Å². The Kier molecular flexibility index (Phi) is 3.53. The highest BCUT2D eigenvalue weighted by molar-refractivity contribution is 6.31. The predicted molar refractivity (Wildman–Crippen MR) is 65.5 cm³/mol. The third kappa shape index (κ3) is 2.92. The second kappa shape index (κ2) is 5.28. The Labute approximate surface area is 104 Å². The molecule has 0 atom stereocenters. The number of nitrogens with one attached hydrogen (secondary N) is 1. The average Bonchev–Trinajstić information content (AvgIpc) is 2.39. The Morgan fingerprint density at radius 1 is 1.29 bits per heavy atom. The highest BCUT2D eigenvalue weighted by Gasteiger charge is 2.01. The maximum atomic E-state index is 8.85. The molecule has 2 rings (SSSR count). The van der Waals surface area contributed by atoms with E-state index in [1.165, 1.54) is 6.33 Å². The normalized spacial score (nSPS) is 9.65. The van der Waals surface area contributed by atoms with Gasteiger partial charge in [-0.2, -0.15) is 5.26 Å². The molecule has 0 spiro atoms. The van der Waals surface area contributed by atoms with Crippen molar-refractivity contribution in [3.8, 4) is 6.07 Å². The summed E-state index contributed by atoms with van der Waals surface area (Å²) < 4.78 is 0. The molecule has 0 radical (unpaired) electrons. The molecule has 0 fully saturated rings. The number of halogens is 1. The van der Waals surface area contributed by atoms with Gasteiger partial charge in [0.25, 0.3) is 0 Å². The Morgan fingerprint density at radius 2 is 2.06 bits per heavy atom. The molecule has 5 heteroatoms. The largest absolute Gasteiger partial charge is 0.381 e. The van der Waals surface area contributed by atoms with Crippen molar-refractivity contribution >= 4 is 17.3 Å². The molecule has 1 aromatic carbocycles. The van der Waals surface area contributed by atoms with E-state index in [9.17, 15) is 0 Å². The highest BCUT2D eigenvalue weighted by Crippen LogP contribution is 2.19. The number of nitrogens with zero attached hydrogens (tertiary/aromatic N) is 3. The number of nitriles is 1. The lowest BCUT2D eigenvalue weighted by atomic mass is 10.2. The number of rotatable bonds is 3. The Balaban J connectivity index is 2.08. The van der Waals surface area contributed by atoms with Crippen LogP contribution in [0.1, 0.15) is 11.1 Å². The van der Waals surface area contributed by atoms with Gasteiger partial charge in [-0.3, -0.25) is 0 Å². The van der Waals surface area contributed by atoms with Gasteiger partial charge in [0.2, 0.25) is 0 Å². The van der Waals surface area contributed by atoms with Crippen LogP contribution in [0.25, 0.3) is 0 Å². The average molecular weight is 245 g/mol. The zero-order chi connectivity index (χ0) is 12.1. The van der Waals surface area contributed by atoms with Crippen molar-refractivity contribution < 1.29 is 0 Å². The molecule has 0 aliphatic carbocycles. The topological polar surface area (TPSA) is 61.6 Å². The van der Waals surface area contributed by atoms with E-state index in [0.717, 1.165) is 11.3 Å². The van der Waals surface area contributed by atoms with Crippen LogP contribution in [0.4, 0.5) is 5.69 Å². The Hall–Kier alpha value is -2.12. The van der Waals surface area contributed by atoms with Gasteiger partial charge in [-0.05, 0) is 18.2 Å². The molecule has 1 N–H and O–H groups in total. The Morgan fingerprint density at radius 3 is 2.76 bits per heavy atom. The standard InChI is InChI=1S/C12H9ClN4/c13-12-2-1-11(3-10(12)4-14)17-7-9-5-15-8-16-6-9/h1-3,5-6,8,17H,7H2. The number of aromatic nitrogens is 2. The molecule has 0 amide bonds. The van der Waals surface area contributed by atoms with Gasteiger partial charge in [0.1, 0.15) is 12.4 Å². The van der Waals surface area contributed by atoms with Crippen LogP contribution in [0, 0.1) is 11.3 Å². The molecule has 0 saturated heterocycles. The summed E-state index contributed by atoms with van der Waals surface area (Å²) in [6.07, 6.45) is 4.96. The number of anilines is 1. The van der Waals surface area contributed by atoms with Crippen molar-refractivity contribution in [2.45, 2.75) is 6.54 Å². The van der Waals surface area contributed by atoms with E-state index in [2.05, 4.69) is 15.3 Å². The summed E-state index contributed by atoms with van der Waals surface area (Å²) >= 11 is 5.84. The zero-order valence-corrected chi connectivity index (χ0v) is 9.65. The zero-order valence-electron chi connectivity index (χ0n) is 8.89. The van der Waals surface area contributed by atoms with Gasteiger partial charge in [-0.15, -0.1) is 0 Å². The maximum Gasteiger partial charge on any atom is 0.115 e. The van der Waals surface area contributed by atoms with Crippen LogP contribution in [0.5, 0.6) is 0 Å². The Bertz CT molecular complexity index is 548. The van der Waals surface area contributed by atoms with Gasteiger partial charge in [0.15, 0.2) is 0 Å². The van der Waals surface area contributed by atoms with E-state index >= 15 is 0 Å². The van der Waals surface area contributed by atoms with Crippen LogP contribution in [0.3, 0.4) is 0 Å². The van der Waals surface area contributed by atoms with Crippen LogP contribution in [-0.2, 0) is 6.54 Å². The molecule has 0 aliphatic rings. The van der Waals surface area contributed by atoms with Crippen molar-refractivity contribution in [1.82, 2.24) is 9.97 Å². The molecule has 1 aromatic heterocycles. The SMILES string of the molecule is N#Cc1cc(NCc2cncnc2)ccc1Cl. The van der Waals surface area contributed by atoms with Gasteiger partial charge < -0.3 is 5.32 Å². The second-order valence-corrected chi connectivity index (χ2v) is 3.81. The monoisotopic (exact) mass is 244 g/mol. The molecular weight excluding hydrogens is 236 g/mol. The van der Waals surface area contributed by atoms with E-state index in [4.69, 9.17) is 16.9 Å². The van der Waals surface area contributed by atoms with Gasteiger partial charge in [0.05, 0.1) is 10.6 Å². The molecular formula is C12H9ClN4. The molecule has 0 saturated carbocycles. The third-order valence-corrected chi connectivity index (χ3v) is 2.53. The number of hydrogen-bond donors (Lipinski definition) is 1. The first kappa shape index (κ1) is 11.4. The maximum absolute atomic E-state index is 8.85. The number of benzene rings is 1. The molecule has 84 valence electrons. The molecule has 0 aliphatic heterocycles. The predicted octanol–water partition coefficient (Wildman–Crippen LogP) is 2.61. The summed E-state index contributed by atoms with van der Waals surface area (Å²) in [6.45, 7) is 0.605. The first-order valence-corrected chi connectivity index (χ1v) is 5.35. The first-order valence-electron chi connectivity index (χ1n) is 4.97. The van der Waals surface area contributed by atoms with Crippen molar-refractivity contribution in [1.29, 1.82) is 5.26 Å². The van der Waals surface area contributed by atoms with Gasteiger partial charge in [-0.1, -0.05) is 11.6 Å². The lowest BCUT2D eigenvalue weighted by Crippen LogP contribution is -2.00. The van der Waals surface area contributed by atoms with E-state index in [1.54, 1.807) is 24.5 Å². The van der Waals surface area contributed by atoms with Crippen LogP contribution in [0.15, 0.2) is 36.9 Å².